The molecule has 35 heavy (non-hydrogen) atoms. The van der Waals surface area contributed by atoms with Crippen LogP contribution in [0.3, 0.4) is 0 Å². The molecular weight excluding hydrogens is 479 g/mol. The maximum absolute atomic E-state index is 12.4. The van der Waals surface area contributed by atoms with E-state index < -0.39 is 18.5 Å². The average molecular weight is 504 g/mol. The van der Waals surface area contributed by atoms with Crippen molar-refractivity contribution in [3.63, 3.8) is 0 Å². The summed E-state index contributed by atoms with van der Waals surface area (Å²) in [6.45, 7) is 7.69. The van der Waals surface area contributed by atoms with E-state index in [4.69, 9.17) is 0 Å². The molecule has 2 N–H and O–H groups in total. The number of hydrogen-bond acceptors (Lipinski definition) is 7. The first-order valence-corrected chi connectivity index (χ1v) is 11.7. The maximum atomic E-state index is 12.4. The number of halogens is 3. The van der Waals surface area contributed by atoms with Gasteiger partial charge in [-0.25, -0.2) is 15.0 Å². The van der Waals surface area contributed by atoms with Crippen LogP contribution in [0.5, 0.6) is 0 Å². The Balaban J connectivity index is 1.51. The highest BCUT2D eigenvalue weighted by Crippen LogP contribution is 2.32. The number of carbonyl (C=O) groups excluding carboxylic acids is 1. The van der Waals surface area contributed by atoms with Crippen molar-refractivity contribution in [2.75, 3.05) is 23.3 Å². The van der Waals surface area contributed by atoms with Crippen molar-refractivity contribution in [1.82, 2.24) is 15.4 Å². The molecule has 2 aliphatic rings. The van der Waals surface area contributed by atoms with Gasteiger partial charge in [-0.2, -0.15) is 18.3 Å². The van der Waals surface area contributed by atoms with Crippen LogP contribution in [0.25, 0.3) is 0 Å². The van der Waals surface area contributed by atoms with Crippen LogP contribution in [0.4, 0.5) is 30.5 Å². The molecule has 1 fully saturated rings. The molecule has 1 aromatic heterocycles. The molecule has 2 aromatic rings. The molecule has 4 rings (SSSR count). The third-order valence-corrected chi connectivity index (χ3v) is 6.10. The second-order valence-corrected chi connectivity index (χ2v) is 9.53. The number of nitrogens with zero attached hydrogens (tertiary/aromatic N) is 5. The third-order valence-electron chi connectivity index (χ3n) is 5.23. The number of aliphatic imine (C=N–C) groups is 1. The second-order valence-electron chi connectivity index (χ2n) is 8.49. The number of amides is 1. The monoisotopic (exact) mass is 503 g/mol. The van der Waals surface area contributed by atoms with E-state index in [0.29, 0.717) is 23.2 Å². The number of anilines is 2. The average Bonchev–Trinajstić information content (AvgIpc) is 3.11. The number of alkyl halides is 3. The van der Waals surface area contributed by atoms with Crippen LogP contribution in [-0.2, 0) is 4.79 Å². The number of benzene rings is 1. The molecule has 0 saturated carbocycles. The van der Waals surface area contributed by atoms with E-state index in [0.717, 1.165) is 29.5 Å². The predicted octanol–water partition coefficient (Wildman–Crippen LogP) is 5.07. The van der Waals surface area contributed by atoms with Crippen molar-refractivity contribution >= 4 is 46.5 Å². The van der Waals surface area contributed by atoms with Crippen LogP contribution in [0.15, 0.2) is 61.6 Å². The Bertz CT molecular complexity index is 1210. The zero-order valence-electron chi connectivity index (χ0n) is 19.4. The van der Waals surface area contributed by atoms with Crippen LogP contribution in [0, 0.1) is 0 Å². The molecule has 0 aliphatic carbocycles. The molecule has 0 radical (unpaired) electrons. The number of hydrazone groups is 1. The zero-order valence-corrected chi connectivity index (χ0v) is 20.2. The fourth-order valence-electron chi connectivity index (χ4n) is 3.34. The fourth-order valence-corrected chi connectivity index (χ4v) is 4.10. The second kappa shape index (κ2) is 10.1. The summed E-state index contributed by atoms with van der Waals surface area (Å²) < 4.78 is 37.1. The smallest absolute Gasteiger partial charge is 0.348 e. The van der Waals surface area contributed by atoms with Gasteiger partial charge in [-0.15, -0.1) is 0 Å². The lowest BCUT2D eigenvalue weighted by molar-refractivity contribution is -0.150. The van der Waals surface area contributed by atoms with E-state index in [9.17, 15) is 18.0 Å². The number of carbonyl (C=O) groups is 1. The Kier molecular flexibility index (Phi) is 7.10. The topological polar surface area (TPSA) is 94.9 Å². The van der Waals surface area contributed by atoms with E-state index in [-0.39, 0.29) is 5.69 Å². The molecule has 12 heteroatoms. The molecule has 1 amide bonds. The number of rotatable bonds is 6. The van der Waals surface area contributed by atoms with Gasteiger partial charge in [0.05, 0.1) is 0 Å². The Labute approximate surface area is 204 Å². The van der Waals surface area contributed by atoms with Crippen LogP contribution < -0.4 is 15.6 Å². The number of nitrogens with one attached hydrogen (secondary N) is 2. The standard InChI is InChI=1S/C23H24F3N7OS/c1-13(2)15-11-33(12-15)20-9-18(28-19-8-14(3)31-32-19)29-22(30-20)35-17-6-4-16(5-7-17)27-21(34)10-23(24,25)26/h4-7,9H,8,10-12H2,1-3H3,(H,27,34)(H,28,29,30,32). The van der Waals surface area contributed by atoms with Gasteiger partial charge in [0.2, 0.25) is 5.91 Å². The lowest BCUT2D eigenvalue weighted by Gasteiger charge is -2.36. The number of amidine groups is 1. The normalized spacial score (nSPS) is 16.6. The van der Waals surface area contributed by atoms with Gasteiger partial charge >= 0.3 is 6.18 Å². The van der Waals surface area contributed by atoms with Crippen molar-refractivity contribution < 1.29 is 18.0 Å². The first kappa shape index (κ1) is 24.7. The summed E-state index contributed by atoms with van der Waals surface area (Å²) >= 11 is 1.30. The zero-order chi connectivity index (χ0) is 25.2. The highest BCUT2D eigenvalue weighted by molar-refractivity contribution is 7.99. The molecule has 1 aromatic carbocycles. The predicted molar refractivity (Wildman–Crippen MR) is 130 cm³/mol. The van der Waals surface area contributed by atoms with Gasteiger partial charge in [0.1, 0.15) is 18.1 Å². The molecule has 3 heterocycles. The van der Waals surface area contributed by atoms with Crippen LogP contribution in [-0.4, -0.2) is 46.7 Å². The summed E-state index contributed by atoms with van der Waals surface area (Å²) in [5.74, 6) is 0.864. The van der Waals surface area contributed by atoms with E-state index >= 15 is 0 Å². The van der Waals surface area contributed by atoms with Crippen LogP contribution >= 0.6 is 11.8 Å². The molecule has 0 unspecified atom stereocenters. The quantitative estimate of drug-likeness (QED) is 0.422. The highest BCUT2D eigenvalue weighted by atomic mass is 32.2. The maximum Gasteiger partial charge on any atom is 0.397 e. The van der Waals surface area contributed by atoms with Crippen molar-refractivity contribution in [2.24, 2.45) is 10.1 Å². The summed E-state index contributed by atoms with van der Waals surface area (Å²) in [5.41, 5.74) is 6.79. The molecule has 1 saturated heterocycles. The summed E-state index contributed by atoms with van der Waals surface area (Å²) in [6, 6.07) is 8.31. The van der Waals surface area contributed by atoms with Gasteiger partial charge < -0.3 is 10.2 Å². The molecule has 0 spiro atoms. The lowest BCUT2D eigenvalue weighted by atomic mass is 10.0. The van der Waals surface area contributed by atoms with Gasteiger partial charge in [-0.3, -0.25) is 10.2 Å². The van der Waals surface area contributed by atoms with Gasteiger partial charge in [-0.05, 0) is 62.4 Å². The van der Waals surface area contributed by atoms with Crippen molar-refractivity contribution in [1.29, 1.82) is 0 Å². The van der Waals surface area contributed by atoms with E-state index in [1.54, 1.807) is 24.3 Å². The Morgan fingerprint density at radius 1 is 1.20 bits per heavy atom. The Morgan fingerprint density at radius 3 is 2.51 bits per heavy atom. The van der Waals surface area contributed by atoms with Crippen molar-refractivity contribution in [3.05, 3.63) is 41.5 Å². The minimum Gasteiger partial charge on any atom is -0.348 e. The highest BCUT2D eigenvalue weighted by Gasteiger charge is 2.31. The first-order chi connectivity index (χ1) is 16.5. The summed E-state index contributed by atoms with van der Waals surface area (Å²) in [5, 5.41) is 6.88. The minimum absolute atomic E-state index is 0.280. The first-order valence-electron chi connectivity index (χ1n) is 10.8. The van der Waals surface area contributed by atoms with Gasteiger partial charge in [-0.1, -0.05) is 5.57 Å². The van der Waals surface area contributed by atoms with Gasteiger partial charge in [0, 0.05) is 41.9 Å². The Morgan fingerprint density at radius 2 is 1.91 bits per heavy atom. The molecular formula is C23H24F3N7OS. The van der Waals surface area contributed by atoms with E-state index in [1.807, 2.05) is 13.0 Å². The van der Waals surface area contributed by atoms with Crippen molar-refractivity contribution in [2.45, 2.75) is 49.8 Å². The largest absolute Gasteiger partial charge is 0.397 e. The number of aromatic nitrogens is 2. The SMILES string of the molecule is CC1=NNC(=Nc2cc(N3CC(=C(C)C)C3)nc(Sc3ccc(NC(=O)CC(F)(F)F)cc3)n2)C1. The van der Waals surface area contributed by atoms with Crippen molar-refractivity contribution in [3.8, 4) is 0 Å². The lowest BCUT2D eigenvalue weighted by Crippen LogP contribution is -2.41. The number of allylic oxidation sites excluding steroid dienone is 1. The summed E-state index contributed by atoms with van der Waals surface area (Å²) in [6.07, 6.45) is -5.46. The van der Waals surface area contributed by atoms with Gasteiger partial charge in [0.15, 0.2) is 11.0 Å². The minimum atomic E-state index is -4.55. The van der Waals surface area contributed by atoms with E-state index in [1.165, 1.54) is 22.9 Å². The van der Waals surface area contributed by atoms with Gasteiger partial charge in [0.25, 0.3) is 0 Å². The third kappa shape index (κ3) is 6.81. The summed E-state index contributed by atoms with van der Waals surface area (Å²) in [4.78, 5) is 28.3. The van der Waals surface area contributed by atoms with Crippen LogP contribution in [0.2, 0.25) is 0 Å². The molecule has 8 nitrogen and oxygen atoms in total. The Hall–Kier alpha value is -3.41. The fraction of sp³-hybridized carbons (Fsp3) is 0.348. The summed E-state index contributed by atoms with van der Waals surface area (Å²) in [7, 11) is 0. The number of hydrogen-bond donors (Lipinski definition) is 2. The van der Waals surface area contributed by atoms with E-state index in [2.05, 4.69) is 49.6 Å². The molecule has 0 bridgehead atoms. The molecule has 2 aliphatic heterocycles. The van der Waals surface area contributed by atoms with Crippen LogP contribution in [0.1, 0.15) is 33.6 Å². The molecule has 184 valence electrons. The molecule has 0 atom stereocenters.